The molecule has 0 radical (unpaired) electrons. The molecule has 142 valence electrons. The number of likely N-dealkylation sites (tertiary alicyclic amines) is 1. The second kappa shape index (κ2) is 8.81. The summed E-state index contributed by atoms with van der Waals surface area (Å²) in [7, 11) is 0. The molecule has 0 aliphatic carbocycles. The lowest BCUT2D eigenvalue weighted by Crippen LogP contribution is -2.39. The fourth-order valence-corrected chi connectivity index (χ4v) is 3.96. The van der Waals surface area contributed by atoms with Crippen molar-refractivity contribution in [2.75, 3.05) is 18.8 Å². The molecule has 1 amide bonds. The molecule has 0 saturated carbocycles. The van der Waals surface area contributed by atoms with Gasteiger partial charge < -0.3 is 10.6 Å². The van der Waals surface area contributed by atoms with Gasteiger partial charge in [0.25, 0.3) is 0 Å². The number of carbonyl (C=O) groups excluding carboxylic acids is 1. The lowest BCUT2D eigenvalue weighted by molar-refractivity contribution is -0.133. The Hall–Kier alpha value is -1.97. The first-order valence-corrected chi connectivity index (χ1v) is 9.95. The highest BCUT2D eigenvalue weighted by atomic mass is 35.5. The minimum Gasteiger partial charge on any atom is -0.396 e. The zero-order chi connectivity index (χ0) is 19.4. The van der Waals surface area contributed by atoms with Crippen molar-refractivity contribution in [2.24, 2.45) is 0 Å². The molecule has 27 heavy (non-hydrogen) atoms. The van der Waals surface area contributed by atoms with Crippen molar-refractivity contribution in [1.82, 2.24) is 4.90 Å². The summed E-state index contributed by atoms with van der Waals surface area (Å²) in [5.41, 5.74) is 9.47. The molecule has 2 N–H and O–H groups in total. The molecule has 1 unspecified atom stereocenters. The van der Waals surface area contributed by atoms with Crippen LogP contribution in [0.1, 0.15) is 36.3 Å². The van der Waals surface area contributed by atoms with E-state index in [1.807, 2.05) is 23.1 Å². The van der Waals surface area contributed by atoms with E-state index in [0.717, 1.165) is 37.9 Å². The fraction of sp³-hybridized carbons (Fsp3) is 0.318. The minimum atomic E-state index is -0.299. The highest BCUT2D eigenvalue weighted by Gasteiger charge is 2.28. The van der Waals surface area contributed by atoms with Crippen molar-refractivity contribution in [3.8, 4) is 0 Å². The van der Waals surface area contributed by atoms with Crippen molar-refractivity contribution >= 4 is 34.8 Å². The average molecular weight is 403 g/mol. The number of amides is 1. The summed E-state index contributed by atoms with van der Waals surface area (Å²) in [5, 5.41) is 0.782. The number of hydrogen-bond acceptors (Lipinski definition) is 2. The average Bonchev–Trinajstić information content (AvgIpc) is 2.67. The molecule has 2 aromatic rings. The number of piperidine rings is 1. The van der Waals surface area contributed by atoms with Crippen LogP contribution in [0.25, 0.3) is 0 Å². The number of benzene rings is 2. The highest BCUT2D eigenvalue weighted by Crippen LogP contribution is 2.35. The molecule has 1 fully saturated rings. The lowest BCUT2D eigenvalue weighted by atomic mass is 9.90. The number of halogens is 2. The zero-order valence-corrected chi connectivity index (χ0v) is 16.8. The van der Waals surface area contributed by atoms with E-state index in [2.05, 4.69) is 18.7 Å². The topological polar surface area (TPSA) is 46.3 Å². The number of carbonyl (C=O) groups is 1. The summed E-state index contributed by atoms with van der Waals surface area (Å²) in [4.78, 5) is 15.2. The van der Waals surface area contributed by atoms with Crippen LogP contribution in [0.4, 0.5) is 5.69 Å². The van der Waals surface area contributed by atoms with Crippen molar-refractivity contribution in [3.63, 3.8) is 0 Å². The van der Waals surface area contributed by atoms with E-state index < -0.39 is 0 Å². The fourth-order valence-electron chi connectivity index (χ4n) is 3.46. The number of hydrogen-bond donors (Lipinski definition) is 1. The van der Waals surface area contributed by atoms with Crippen molar-refractivity contribution in [2.45, 2.75) is 31.6 Å². The van der Waals surface area contributed by atoms with E-state index in [0.29, 0.717) is 22.2 Å². The van der Waals surface area contributed by atoms with E-state index >= 15 is 0 Å². The largest absolute Gasteiger partial charge is 0.396 e. The summed E-state index contributed by atoms with van der Waals surface area (Å²) >= 11 is 12.5. The maximum absolute atomic E-state index is 13.3. The molecule has 1 saturated heterocycles. The second-order valence-corrected chi connectivity index (χ2v) is 7.86. The summed E-state index contributed by atoms with van der Waals surface area (Å²) in [5.74, 6) is -0.178. The van der Waals surface area contributed by atoms with Gasteiger partial charge in [-0.25, -0.2) is 0 Å². The first-order valence-electron chi connectivity index (χ1n) is 9.19. The standard InChI is InChI=1S/C22H24Cl2N2O/c1-15-9-11-26(12-10-15)22(27)18(8-7-16-5-3-2-4-6-16)17-13-19(23)21(25)20(24)14-17/h2-6,13-14,18H,1,7-12,25H2. The Bertz CT molecular complexity index is 802. The molecule has 0 bridgehead atoms. The first-order chi connectivity index (χ1) is 13.0. The van der Waals surface area contributed by atoms with E-state index in [9.17, 15) is 4.79 Å². The van der Waals surface area contributed by atoms with E-state index in [1.54, 1.807) is 12.1 Å². The Morgan fingerprint density at radius 1 is 1.11 bits per heavy atom. The van der Waals surface area contributed by atoms with Gasteiger partial charge in [0, 0.05) is 13.1 Å². The highest BCUT2D eigenvalue weighted by molar-refractivity contribution is 6.39. The monoisotopic (exact) mass is 402 g/mol. The maximum Gasteiger partial charge on any atom is 0.230 e. The smallest absolute Gasteiger partial charge is 0.230 e. The molecule has 5 heteroatoms. The molecule has 0 aromatic heterocycles. The molecular formula is C22H24Cl2N2O. The Labute approximate surface area is 170 Å². The van der Waals surface area contributed by atoms with Gasteiger partial charge in [0.05, 0.1) is 21.7 Å². The first kappa shape index (κ1) is 19.8. The van der Waals surface area contributed by atoms with Crippen LogP contribution in [0.3, 0.4) is 0 Å². The van der Waals surface area contributed by atoms with Gasteiger partial charge in [-0.2, -0.15) is 0 Å². The Morgan fingerprint density at radius 3 is 2.30 bits per heavy atom. The molecule has 1 atom stereocenters. The van der Waals surface area contributed by atoms with Crippen LogP contribution in [0.2, 0.25) is 10.0 Å². The number of nitrogens with zero attached hydrogens (tertiary/aromatic N) is 1. The van der Waals surface area contributed by atoms with Crippen LogP contribution in [0, 0.1) is 0 Å². The summed E-state index contributed by atoms with van der Waals surface area (Å²) in [6, 6.07) is 13.7. The molecule has 3 nitrogen and oxygen atoms in total. The van der Waals surface area contributed by atoms with Gasteiger partial charge in [-0.15, -0.1) is 0 Å². The zero-order valence-electron chi connectivity index (χ0n) is 15.3. The number of aryl methyl sites for hydroxylation is 1. The third-order valence-corrected chi connectivity index (χ3v) is 5.77. The van der Waals surface area contributed by atoms with Crippen LogP contribution in [-0.2, 0) is 11.2 Å². The Morgan fingerprint density at radius 2 is 1.70 bits per heavy atom. The molecule has 1 aliphatic heterocycles. The number of nitrogens with two attached hydrogens (primary N) is 1. The van der Waals surface area contributed by atoms with Crippen LogP contribution in [-0.4, -0.2) is 23.9 Å². The van der Waals surface area contributed by atoms with E-state index in [4.69, 9.17) is 28.9 Å². The second-order valence-electron chi connectivity index (χ2n) is 7.05. The summed E-state index contributed by atoms with van der Waals surface area (Å²) in [6.45, 7) is 5.47. The molecule has 2 aromatic carbocycles. The van der Waals surface area contributed by atoms with Gasteiger partial charge in [-0.05, 0) is 48.9 Å². The summed E-state index contributed by atoms with van der Waals surface area (Å²) in [6.07, 6.45) is 3.22. The Kier molecular flexibility index (Phi) is 6.46. The predicted octanol–water partition coefficient (Wildman–Crippen LogP) is 5.47. The molecular weight excluding hydrogens is 379 g/mol. The third kappa shape index (κ3) is 4.85. The molecule has 1 heterocycles. The van der Waals surface area contributed by atoms with Gasteiger partial charge in [0.15, 0.2) is 0 Å². The van der Waals surface area contributed by atoms with Gasteiger partial charge in [-0.3, -0.25) is 4.79 Å². The number of anilines is 1. The van der Waals surface area contributed by atoms with Crippen molar-refractivity contribution < 1.29 is 4.79 Å². The van der Waals surface area contributed by atoms with Gasteiger partial charge in [0.2, 0.25) is 5.91 Å². The molecule has 1 aliphatic rings. The van der Waals surface area contributed by atoms with Crippen molar-refractivity contribution in [1.29, 1.82) is 0 Å². The molecule has 0 spiro atoms. The van der Waals surface area contributed by atoms with Gasteiger partial charge in [0.1, 0.15) is 0 Å². The van der Waals surface area contributed by atoms with E-state index in [-0.39, 0.29) is 11.8 Å². The maximum atomic E-state index is 13.3. The van der Waals surface area contributed by atoms with Crippen LogP contribution in [0.5, 0.6) is 0 Å². The van der Waals surface area contributed by atoms with Crippen LogP contribution < -0.4 is 5.73 Å². The quantitative estimate of drug-likeness (QED) is 0.532. The predicted molar refractivity (Wildman–Crippen MR) is 113 cm³/mol. The number of rotatable bonds is 5. The van der Waals surface area contributed by atoms with Crippen molar-refractivity contribution in [3.05, 3.63) is 75.8 Å². The SMILES string of the molecule is C=C1CCN(C(=O)C(CCc2ccccc2)c2cc(Cl)c(N)c(Cl)c2)CC1. The van der Waals surface area contributed by atoms with Crippen LogP contribution >= 0.6 is 23.2 Å². The summed E-state index contributed by atoms with van der Waals surface area (Å²) < 4.78 is 0. The van der Waals surface area contributed by atoms with Gasteiger partial charge >= 0.3 is 0 Å². The van der Waals surface area contributed by atoms with E-state index in [1.165, 1.54) is 11.1 Å². The van der Waals surface area contributed by atoms with Gasteiger partial charge in [-0.1, -0.05) is 65.7 Å². The third-order valence-electron chi connectivity index (χ3n) is 5.15. The Balaban J connectivity index is 1.86. The minimum absolute atomic E-state index is 0.121. The number of nitrogen functional groups attached to an aromatic ring is 1. The molecule has 3 rings (SSSR count). The normalized spacial score (nSPS) is 15.6. The van der Waals surface area contributed by atoms with Crippen LogP contribution in [0.15, 0.2) is 54.6 Å². The lowest BCUT2D eigenvalue weighted by Gasteiger charge is -2.32.